The molecule has 0 bridgehead atoms. The van der Waals surface area contributed by atoms with E-state index in [9.17, 15) is 9.59 Å². The standard InChI is InChI=1S/C12H20N4O3/c1-7(2)11(13)12(18)16(4)6-10(17)14-9-5-8(3)19-15-9/h5,7,11H,6,13H2,1-4H3,(H,14,15,17)/t11-/m1/s1. The fraction of sp³-hybridized carbons (Fsp3) is 0.583. The molecule has 2 amide bonds. The van der Waals surface area contributed by atoms with Crippen LogP contribution in [0, 0.1) is 12.8 Å². The second kappa shape index (κ2) is 6.33. The summed E-state index contributed by atoms with van der Waals surface area (Å²) in [6, 6.07) is 0.992. The van der Waals surface area contributed by atoms with E-state index in [0.29, 0.717) is 11.6 Å². The highest BCUT2D eigenvalue weighted by molar-refractivity contribution is 5.94. The third-order valence-corrected chi connectivity index (χ3v) is 2.66. The minimum atomic E-state index is -0.605. The second-order valence-electron chi connectivity index (χ2n) is 4.84. The first-order valence-electron chi connectivity index (χ1n) is 6.05. The molecule has 0 aromatic carbocycles. The van der Waals surface area contributed by atoms with Gasteiger partial charge in [0, 0.05) is 13.1 Å². The van der Waals surface area contributed by atoms with Crippen molar-refractivity contribution in [3.8, 4) is 0 Å². The lowest BCUT2D eigenvalue weighted by Gasteiger charge is -2.22. The lowest BCUT2D eigenvalue weighted by molar-refractivity contribution is -0.135. The van der Waals surface area contributed by atoms with Gasteiger partial charge in [0.25, 0.3) is 0 Å². The summed E-state index contributed by atoms with van der Waals surface area (Å²) >= 11 is 0. The molecule has 0 saturated heterocycles. The molecule has 1 aromatic heterocycles. The highest BCUT2D eigenvalue weighted by Crippen LogP contribution is 2.07. The van der Waals surface area contributed by atoms with Crippen molar-refractivity contribution in [1.29, 1.82) is 0 Å². The maximum Gasteiger partial charge on any atom is 0.245 e. The van der Waals surface area contributed by atoms with Crippen LogP contribution in [0.5, 0.6) is 0 Å². The number of carbonyl (C=O) groups is 2. The first kappa shape index (κ1) is 15.2. The minimum Gasteiger partial charge on any atom is -0.360 e. The van der Waals surface area contributed by atoms with Crippen LogP contribution in [0.3, 0.4) is 0 Å². The predicted octanol–water partition coefficient (Wildman–Crippen LogP) is 0.363. The molecular weight excluding hydrogens is 248 g/mol. The predicted molar refractivity (Wildman–Crippen MR) is 70.3 cm³/mol. The largest absolute Gasteiger partial charge is 0.360 e. The number of hydrogen-bond acceptors (Lipinski definition) is 5. The summed E-state index contributed by atoms with van der Waals surface area (Å²) < 4.78 is 4.82. The highest BCUT2D eigenvalue weighted by Gasteiger charge is 2.22. The molecular formula is C12H20N4O3. The highest BCUT2D eigenvalue weighted by atomic mass is 16.5. The van der Waals surface area contributed by atoms with Crippen LogP contribution >= 0.6 is 0 Å². The van der Waals surface area contributed by atoms with E-state index in [-0.39, 0.29) is 24.3 Å². The van der Waals surface area contributed by atoms with E-state index in [1.54, 1.807) is 13.0 Å². The Morgan fingerprint density at radius 2 is 2.16 bits per heavy atom. The lowest BCUT2D eigenvalue weighted by Crippen LogP contribution is -2.47. The number of nitrogens with one attached hydrogen (secondary N) is 1. The van der Waals surface area contributed by atoms with Crippen molar-refractivity contribution in [2.24, 2.45) is 11.7 Å². The Morgan fingerprint density at radius 1 is 1.53 bits per heavy atom. The van der Waals surface area contributed by atoms with Gasteiger partial charge in [0.15, 0.2) is 5.82 Å². The van der Waals surface area contributed by atoms with Gasteiger partial charge in [0.2, 0.25) is 11.8 Å². The Kier molecular flexibility index (Phi) is 5.05. The van der Waals surface area contributed by atoms with E-state index in [0.717, 1.165) is 0 Å². The maximum absolute atomic E-state index is 11.9. The molecule has 7 heteroatoms. The van der Waals surface area contributed by atoms with E-state index >= 15 is 0 Å². The molecule has 0 saturated carbocycles. The van der Waals surface area contributed by atoms with E-state index in [4.69, 9.17) is 10.3 Å². The second-order valence-corrected chi connectivity index (χ2v) is 4.84. The molecule has 7 nitrogen and oxygen atoms in total. The summed E-state index contributed by atoms with van der Waals surface area (Å²) in [5, 5.41) is 6.17. The van der Waals surface area contributed by atoms with Gasteiger partial charge in [-0.25, -0.2) is 0 Å². The summed E-state index contributed by atoms with van der Waals surface area (Å²) in [7, 11) is 1.54. The lowest BCUT2D eigenvalue weighted by atomic mass is 10.0. The molecule has 0 unspecified atom stereocenters. The van der Waals surface area contributed by atoms with Gasteiger partial charge in [-0.1, -0.05) is 19.0 Å². The number of nitrogens with two attached hydrogens (primary N) is 1. The van der Waals surface area contributed by atoms with E-state index in [2.05, 4.69) is 10.5 Å². The van der Waals surface area contributed by atoms with Gasteiger partial charge >= 0.3 is 0 Å². The SMILES string of the molecule is Cc1cc(NC(=O)CN(C)C(=O)[C@H](N)C(C)C)no1. The maximum atomic E-state index is 11.9. The number of likely N-dealkylation sites (N-methyl/N-ethyl adjacent to an activating group) is 1. The first-order chi connectivity index (χ1) is 8.81. The molecule has 0 radical (unpaired) electrons. The zero-order valence-corrected chi connectivity index (χ0v) is 11.6. The van der Waals surface area contributed by atoms with Gasteiger partial charge in [-0.05, 0) is 12.8 Å². The molecule has 1 rings (SSSR count). The van der Waals surface area contributed by atoms with Gasteiger partial charge in [0.05, 0.1) is 12.6 Å². The summed E-state index contributed by atoms with van der Waals surface area (Å²) in [6.07, 6.45) is 0. The number of carbonyl (C=O) groups excluding carboxylic acids is 2. The summed E-state index contributed by atoms with van der Waals surface area (Å²) in [4.78, 5) is 24.9. The zero-order chi connectivity index (χ0) is 14.6. The Bertz CT molecular complexity index is 456. The minimum absolute atomic E-state index is 0.0243. The number of aryl methyl sites for hydroxylation is 1. The topological polar surface area (TPSA) is 101 Å². The van der Waals surface area contributed by atoms with Crippen molar-refractivity contribution in [2.45, 2.75) is 26.8 Å². The number of anilines is 1. The molecule has 0 spiro atoms. The van der Waals surface area contributed by atoms with Gasteiger partial charge < -0.3 is 20.5 Å². The number of amides is 2. The molecule has 0 aliphatic rings. The van der Waals surface area contributed by atoms with Crippen LogP contribution in [0.15, 0.2) is 10.6 Å². The molecule has 0 fully saturated rings. The van der Waals surface area contributed by atoms with Crippen LogP contribution in [-0.4, -0.2) is 41.5 Å². The van der Waals surface area contributed by atoms with E-state index in [1.165, 1.54) is 11.9 Å². The summed E-state index contributed by atoms with van der Waals surface area (Å²) in [6.45, 7) is 5.36. The van der Waals surface area contributed by atoms with Crippen molar-refractivity contribution >= 4 is 17.6 Å². The number of nitrogens with zero attached hydrogens (tertiary/aromatic N) is 2. The van der Waals surface area contributed by atoms with Crippen LogP contribution in [0.2, 0.25) is 0 Å². The van der Waals surface area contributed by atoms with Crippen molar-refractivity contribution in [3.05, 3.63) is 11.8 Å². The Morgan fingerprint density at radius 3 is 2.63 bits per heavy atom. The van der Waals surface area contributed by atoms with Gasteiger partial charge in [-0.2, -0.15) is 0 Å². The molecule has 19 heavy (non-hydrogen) atoms. The number of hydrogen-bond donors (Lipinski definition) is 2. The number of rotatable bonds is 5. The fourth-order valence-corrected chi connectivity index (χ4v) is 1.44. The van der Waals surface area contributed by atoms with Crippen LogP contribution in [-0.2, 0) is 9.59 Å². The molecule has 3 N–H and O–H groups in total. The molecule has 0 aliphatic heterocycles. The summed E-state index contributed by atoms with van der Waals surface area (Å²) in [5.74, 6) is 0.343. The Balaban J connectivity index is 2.50. The molecule has 1 heterocycles. The van der Waals surface area contributed by atoms with Gasteiger partial charge in [0.1, 0.15) is 5.76 Å². The quantitative estimate of drug-likeness (QED) is 0.803. The molecule has 1 aromatic rings. The third kappa shape index (κ3) is 4.36. The molecule has 106 valence electrons. The van der Waals surface area contributed by atoms with Crippen molar-refractivity contribution in [1.82, 2.24) is 10.1 Å². The van der Waals surface area contributed by atoms with Crippen molar-refractivity contribution in [2.75, 3.05) is 18.9 Å². The van der Waals surface area contributed by atoms with Crippen molar-refractivity contribution in [3.63, 3.8) is 0 Å². The van der Waals surface area contributed by atoms with Crippen LogP contribution in [0.4, 0.5) is 5.82 Å². The van der Waals surface area contributed by atoms with Gasteiger partial charge in [-0.3, -0.25) is 9.59 Å². The molecule has 1 atom stereocenters. The first-order valence-corrected chi connectivity index (χ1v) is 6.05. The smallest absolute Gasteiger partial charge is 0.245 e. The monoisotopic (exact) mass is 268 g/mol. The van der Waals surface area contributed by atoms with E-state index in [1.807, 2.05) is 13.8 Å². The summed E-state index contributed by atoms with van der Waals surface area (Å²) in [5.41, 5.74) is 5.74. The normalized spacial score (nSPS) is 12.3. The Labute approximate surface area is 112 Å². The average molecular weight is 268 g/mol. The van der Waals surface area contributed by atoms with Crippen LogP contribution < -0.4 is 11.1 Å². The number of aromatic nitrogens is 1. The Hall–Kier alpha value is -1.89. The third-order valence-electron chi connectivity index (χ3n) is 2.66. The van der Waals surface area contributed by atoms with Crippen LogP contribution in [0.25, 0.3) is 0 Å². The van der Waals surface area contributed by atoms with Crippen molar-refractivity contribution < 1.29 is 14.1 Å². The van der Waals surface area contributed by atoms with Gasteiger partial charge in [-0.15, -0.1) is 0 Å². The zero-order valence-electron chi connectivity index (χ0n) is 11.6. The van der Waals surface area contributed by atoms with Crippen LogP contribution in [0.1, 0.15) is 19.6 Å². The van der Waals surface area contributed by atoms with E-state index < -0.39 is 6.04 Å². The molecule has 0 aliphatic carbocycles. The average Bonchev–Trinajstić information content (AvgIpc) is 2.72. The fourth-order valence-electron chi connectivity index (χ4n) is 1.44.